The van der Waals surface area contributed by atoms with Crippen molar-refractivity contribution in [2.24, 2.45) is 0 Å². The first kappa shape index (κ1) is 14.4. The molecular formula is C12H16ClNO4. The molecule has 100 valence electrons. The highest BCUT2D eigenvalue weighted by molar-refractivity contribution is 6.11. The van der Waals surface area contributed by atoms with Gasteiger partial charge in [0.2, 0.25) is 5.75 Å². The molecule has 0 amide bonds. The van der Waals surface area contributed by atoms with E-state index in [0.717, 1.165) is 0 Å². The lowest BCUT2D eigenvalue weighted by Crippen LogP contribution is -2.32. The predicted molar refractivity (Wildman–Crippen MR) is 70.0 cm³/mol. The quantitative estimate of drug-likeness (QED) is 0.868. The van der Waals surface area contributed by atoms with Gasteiger partial charge in [0.1, 0.15) is 11.4 Å². The third-order valence-corrected chi connectivity index (χ3v) is 2.83. The van der Waals surface area contributed by atoms with E-state index in [4.69, 9.17) is 19.6 Å². The van der Waals surface area contributed by atoms with Gasteiger partial charge in [-0.3, -0.25) is 0 Å². The normalized spacial score (nSPS) is 15.4. The Morgan fingerprint density at radius 1 is 1.28 bits per heavy atom. The average Bonchev–Trinajstić information content (AvgIpc) is 2.49. The fourth-order valence-electron chi connectivity index (χ4n) is 1.90. The number of nitrogens with one attached hydrogen (secondary N) is 1. The molecule has 0 saturated heterocycles. The standard InChI is InChI=1S/C12H15NO4.ClH/c1-12(2)11(13)8-6(17-12)5-7(15-3)10(16-4)9(8)14;/h5,13-14H,1-4H3;1H. The summed E-state index contributed by atoms with van der Waals surface area (Å²) in [5, 5.41) is 18.1. The molecule has 0 spiro atoms. The molecule has 1 aliphatic heterocycles. The van der Waals surface area contributed by atoms with Gasteiger partial charge in [-0.2, -0.15) is 0 Å². The molecular weight excluding hydrogens is 258 g/mol. The third kappa shape index (κ3) is 1.84. The van der Waals surface area contributed by atoms with E-state index in [2.05, 4.69) is 0 Å². The van der Waals surface area contributed by atoms with Gasteiger partial charge >= 0.3 is 0 Å². The SMILES string of the molecule is COc1cc2c(c(O)c1OC)C(=N)C(C)(C)O2.Cl. The molecule has 0 aromatic heterocycles. The molecule has 1 aliphatic rings. The van der Waals surface area contributed by atoms with E-state index in [1.54, 1.807) is 19.9 Å². The fourth-order valence-corrected chi connectivity index (χ4v) is 1.90. The van der Waals surface area contributed by atoms with Crippen molar-refractivity contribution in [1.29, 1.82) is 5.41 Å². The summed E-state index contributed by atoms with van der Waals surface area (Å²) >= 11 is 0. The Balaban J connectivity index is 0.00000162. The Morgan fingerprint density at radius 2 is 1.89 bits per heavy atom. The van der Waals surface area contributed by atoms with Crippen LogP contribution in [0.25, 0.3) is 0 Å². The first-order chi connectivity index (χ1) is 7.92. The second kappa shape index (κ2) is 4.57. The monoisotopic (exact) mass is 273 g/mol. The van der Waals surface area contributed by atoms with Crippen LogP contribution in [0, 0.1) is 5.41 Å². The third-order valence-electron chi connectivity index (χ3n) is 2.83. The molecule has 0 radical (unpaired) electrons. The fraction of sp³-hybridized carbons (Fsp3) is 0.417. The van der Waals surface area contributed by atoms with Crippen LogP contribution in [0.1, 0.15) is 19.4 Å². The highest BCUT2D eigenvalue weighted by Gasteiger charge is 2.40. The number of ether oxygens (including phenoxy) is 3. The van der Waals surface area contributed by atoms with E-state index >= 15 is 0 Å². The van der Waals surface area contributed by atoms with Crippen LogP contribution in [0.2, 0.25) is 0 Å². The molecule has 1 heterocycles. The first-order valence-corrected chi connectivity index (χ1v) is 5.18. The van der Waals surface area contributed by atoms with Crippen molar-refractivity contribution in [3.05, 3.63) is 11.6 Å². The van der Waals surface area contributed by atoms with Gasteiger partial charge in [0.15, 0.2) is 11.5 Å². The van der Waals surface area contributed by atoms with Crippen LogP contribution in [-0.2, 0) is 0 Å². The number of halogens is 1. The Bertz CT molecular complexity index is 499. The first-order valence-electron chi connectivity index (χ1n) is 5.18. The number of rotatable bonds is 2. The summed E-state index contributed by atoms with van der Waals surface area (Å²) in [6, 6.07) is 1.62. The van der Waals surface area contributed by atoms with Gasteiger partial charge in [-0.25, -0.2) is 0 Å². The molecule has 0 unspecified atom stereocenters. The number of phenolic OH excluding ortho intramolecular Hbond substituents is 1. The van der Waals surface area contributed by atoms with E-state index in [-0.39, 0.29) is 29.6 Å². The number of hydrogen-bond donors (Lipinski definition) is 2. The Morgan fingerprint density at radius 3 is 2.39 bits per heavy atom. The molecule has 6 heteroatoms. The molecule has 2 rings (SSSR count). The number of fused-ring (bicyclic) bond motifs is 1. The molecule has 0 bridgehead atoms. The van der Waals surface area contributed by atoms with Crippen molar-refractivity contribution >= 4 is 18.1 Å². The van der Waals surface area contributed by atoms with Crippen molar-refractivity contribution in [2.45, 2.75) is 19.4 Å². The molecule has 18 heavy (non-hydrogen) atoms. The lowest BCUT2D eigenvalue weighted by atomic mass is 9.97. The lowest BCUT2D eigenvalue weighted by molar-refractivity contribution is 0.196. The summed E-state index contributed by atoms with van der Waals surface area (Å²) < 4.78 is 15.8. The van der Waals surface area contributed by atoms with Gasteiger partial charge in [-0.15, -0.1) is 12.4 Å². The number of benzene rings is 1. The largest absolute Gasteiger partial charge is 0.504 e. The van der Waals surface area contributed by atoms with Crippen molar-refractivity contribution in [1.82, 2.24) is 0 Å². The highest BCUT2D eigenvalue weighted by Crippen LogP contribution is 2.49. The van der Waals surface area contributed by atoms with Gasteiger partial charge in [-0.1, -0.05) is 0 Å². The van der Waals surface area contributed by atoms with Crippen LogP contribution in [0.3, 0.4) is 0 Å². The smallest absolute Gasteiger partial charge is 0.204 e. The minimum atomic E-state index is -0.753. The Labute approximate surface area is 112 Å². The van der Waals surface area contributed by atoms with Crippen LogP contribution in [-0.4, -0.2) is 30.6 Å². The van der Waals surface area contributed by atoms with Gasteiger partial charge in [0.05, 0.1) is 25.5 Å². The topological polar surface area (TPSA) is 71.8 Å². The number of hydrogen-bond acceptors (Lipinski definition) is 5. The van der Waals surface area contributed by atoms with Crippen molar-refractivity contribution in [2.75, 3.05) is 14.2 Å². The molecule has 0 aliphatic carbocycles. The van der Waals surface area contributed by atoms with Gasteiger partial charge in [0, 0.05) is 6.07 Å². The maximum Gasteiger partial charge on any atom is 0.204 e. The maximum absolute atomic E-state index is 10.1. The summed E-state index contributed by atoms with van der Waals surface area (Å²) in [7, 11) is 2.92. The lowest BCUT2D eigenvalue weighted by Gasteiger charge is -2.17. The minimum Gasteiger partial charge on any atom is -0.504 e. The summed E-state index contributed by atoms with van der Waals surface area (Å²) in [6.07, 6.45) is 0. The number of methoxy groups -OCH3 is 2. The Hall–Kier alpha value is -1.62. The van der Waals surface area contributed by atoms with Crippen molar-refractivity contribution in [3.8, 4) is 23.0 Å². The van der Waals surface area contributed by atoms with Crippen LogP contribution in [0.4, 0.5) is 0 Å². The summed E-state index contributed by atoms with van der Waals surface area (Å²) in [4.78, 5) is 0. The average molecular weight is 274 g/mol. The molecule has 0 fully saturated rings. The van der Waals surface area contributed by atoms with Crippen molar-refractivity contribution < 1.29 is 19.3 Å². The van der Waals surface area contributed by atoms with Gasteiger partial charge in [-0.05, 0) is 13.8 Å². The molecule has 2 N–H and O–H groups in total. The van der Waals surface area contributed by atoms with Crippen LogP contribution >= 0.6 is 12.4 Å². The summed E-state index contributed by atoms with van der Waals surface area (Å²) in [5.41, 5.74) is -0.157. The minimum absolute atomic E-state index is 0. The van der Waals surface area contributed by atoms with E-state index in [1.807, 2.05) is 0 Å². The molecule has 1 aromatic rings. The summed E-state index contributed by atoms with van der Waals surface area (Å²) in [6.45, 7) is 3.54. The highest BCUT2D eigenvalue weighted by atomic mass is 35.5. The second-order valence-corrected chi connectivity index (χ2v) is 4.32. The summed E-state index contributed by atoms with van der Waals surface area (Å²) in [5.74, 6) is 0.930. The van der Waals surface area contributed by atoms with Crippen LogP contribution in [0.15, 0.2) is 6.07 Å². The zero-order valence-corrected chi connectivity index (χ0v) is 11.5. The Kier molecular flexibility index (Phi) is 3.67. The number of aromatic hydroxyl groups is 1. The van der Waals surface area contributed by atoms with E-state index in [1.165, 1.54) is 14.2 Å². The van der Waals surface area contributed by atoms with E-state index in [9.17, 15) is 5.11 Å². The van der Waals surface area contributed by atoms with Crippen LogP contribution in [0.5, 0.6) is 23.0 Å². The van der Waals surface area contributed by atoms with Gasteiger partial charge < -0.3 is 24.7 Å². The second-order valence-electron chi connectivity index (χ2n) is 4.32. The molecule has 0 atom stereocenters. The zero-order chi connectivity index (χ0) is 12.8. The van der Waals surface area contributed by atoms with Crippen LogP contribution < -0.4 is 14.2 Å². The van der Waals surface area contributed by atoms with E-state index < -0.39 is 5.60 Å². The zero-order valence-electron chi connectivity index (χ0n) is 10.7. The van der Waals surface area contributed by atoms with E-state index in [0.29, 0.717) is 17.1 Å². The van der Waals surface area contributed by atoms with Crippen molar-refractivity contribution in [3.63, 3.8) is 0 Å². The molecule has 0 saturated carbocycles. The van der Waals surface area contributed by atoms with Gasteiger partial charge in [0.25, 0.3) is 0 Å². The molecule has 1 aromatic carbocycles. The predicted octanol–water partition coefficient (Wildman–Crippen LogP) is 2.37. The number of phenols is 1. The maximum atomic E-state index is 10.1. The molecule has 5 nitrogen and oxygen atoms in total.